The van der Waals surface area contributed by atoms with E-state index in [0.29, 0.717) is 17.4 Å². The molecule has 0 saturated heterocycles. The van der Waals surface area contributed by atoms with Crippen molar-refractivity contribution in [3.05, 3.63) is 46.3 Å². The van der Waals surface area contributed by atoms with Gasteiger partial charge in [0.1, 0.15) is 6.26 Å². The second-order valence-corrected chi connectivity index (χ2v) is 5.65. The first kappa shape index (κ1) is 13.8. The van der Waals surface area contributed by atoms with E-state index in [4.69, 9.17) is 4.42 Å². The zero-order valence-corrected chi connectivity index (χ0v) is 11.8. The van der Waals surface area contributed by atoms with Crippen molar-refractivity contribution in [1.29, 1.82) is 0 Å². The molecule has 21 heavy (non-hydrogen) atoms. The Hall–Kier alpha value is -2.17. The van der Waals surface area contributed by atoms with Crippen LogP contribution in [0.25, 0.3) is 11.5 Å². The maximum absolute atomic E-state index is 11.3. The molecule has 0 spiro atoms. The van der Waals surface area contributed by atoms with Crippen molar-refractivity contribution in [3.8, 4) is 11.5 Å². The predicted octanol–water partition coefficient (Wildman–Crippen LogP) is 4.37. The normalized spacial score (nSPS) is 16.0. The molecule has 0 atom stereocenters. The number of nitrogens with zero attached hydrogens (tertiary/aromatic N) is 2. The van der Waals surface area contributed by atoms with Crippen LogP contribution >= 0.6 is 0 Å². The number of nitro benzene ring substituents is 1. The van der Waals surface area contributed by atoms with E-state index in [2.05, 4.69) is 4.98 Å². The molecular formula is C16H18N2O3. The zero-order valence-electron chi connectivity index (χ0n) is 11.8. The minimum atomic E-state index is -0.301. The summed E-state index contributed by atoms with van der Waals surface area (Å²) in [6.45, 7) is 0. The average Bonchev–Trinajstić information content (AvgIpc) is 3.03. The van der Waals surface area contributed by atoms with Crippen LogP contribution in [0.5, 0.6) is 0 Å². The van der Waals surface area contributed by atoms with Crippen LogP contribution in [0.3, 0.4) is 0 Å². The molecule has 1 heterocycles. The molecule has 0 unspecified atom stereocenters. The van der Waals surface area contributed by atoms with Gasteiger partial charge in [0.05, 0.1) is 11.1 Å². The molecule has 2 aromatic rings. The highest BCUT2D eigenvalue weighted by Crippen LogP contribution is 2.32. The lowest BCUT2D eigenvalue weighted by Gasteiger charge is -2.21. The van der Waals surface area contributed by atoms with Gasteiger partial charge in [0.2, 0.25) is 5.89 Å². The molecule has 1 aliphatic rings. The fourth-order valence-electron chi connectivity index (χ4n) is 3.11. The third kappa shape index (κ3) is 3.12. The van der Waals surface area contributed by atoms with E-state index >= 15 is 0 Å². The van der Waals surface area contributed by atoms with Crippen molar-refractivity contribution in [3.63, 3.8) is 0 Å². The molecule has 1 aliphatic carbocycles. The Balaban J connectivity index is 1.87. The van der Waals surface area contributed by atoms with Crippen molar-refractivity contribution in [1.82, 2.24) is 4.98 Å². The van der Waals surface area contributed by atoms with E-state index in [1.54, 1.807) is 6.07 Å². The fraction of sp³-hybridized carbons (Fsp3) is 0.438. The van der Waals surface area contributed by atoms with Crippen molar-refractivity contribution in [2.45, 2.75) is 38.5 Å². The van der Waals surface area contributed by atoms with Gasteiger partial charge in [-0.25, -0.2) is 4.98 Å². The summed E-state index contributed by atoms with van der Waals surface area (Å²) in [5.74, 6) is 0.993. The van der Waals surface area contributed by atoms with Crippen LogP contribution in [0.1, 0.15) is 37.7 Å². The summed E-state index contributed by atoms with van der Waals surface area (Å²) in [4.78, 5) is 15.1. The van der Waals surface area contributed by atoms with E-state index in [-0.39, 0.29) is 10.6 Å². The molecule has 0 bridgehead atoms. The van der Waals surface area contributed by atoms with Gasteiger partial charge in [-0.3, -0.25) is 10.1 Å². The van der Waals surface area contributed by atoms with Gasteiger partial charge < -0.3 is 4.42 Å². The highest BCUT2D eigenvalue weighted by Gasteiger charge is 2.21. The number of aromatic nitrogens is 1. The first-order valence-electron chi connectivity index (χ1n) is 7.41. The summed E-state index contributed by atoms with van der Waals surface area (Å²) in [5, 5.41) is 11.3. The number of oxazole rings is 1. The van der Waals surface area contributed by atoms with Crippen LogP contribution in [0.4, 0.5) is 5.69 Å². The predicted molar refractivity (Wildman–Crippen MR) is 78.9 cm³/mol. The van der Waals surface area contributed by atoms with Crippen LogP contribution in [0.2, 0.25) is 0 Å². The van der Waals surface area contributed by atoms with Crippen LogP contribution in [0, 0.1) is 16.0 Å². The number of nitro groups is 1. The van der Waals surface area contributed by atoms with Gasteiger partial charge in [-0.05, 0) is 18.4 Å². The Morgan fingerprint density at radius 2 is 2.10 bits per heavy atom. The minimum absolute atomic E-state index is 0.177. The first-order valence-corrected chi connectivity index (χ1v) is 7.41. The SMILES string of the molecule is O=[N+]([O-])c1cc(-c2ncco2)ccc1CC1CCCCC1. The maximum atomic E-state index is 11.3. The fourth-order valence-corrected chi connectivity index (χ4v) is 3.11. The van der Waals surface area contributed by atoms with Crippen LogP contribution in [0.15, 0.2) is 35.1 Å². The molecule has 0 N–H and O–H groups in total. The smallest absolute Gasteiger partial charge is 0.273 e. The standard InChI is InChI=1S/C16H18N2O3/c19-18(20)15-11-14(16-17-8-9-21-16)7-6-13(15)10-12-4-2-1-3-5-12/h6-9,11-12H,1-5,10H2. The molecule has 1 aromatic carbocycles. The average molecular weight is 286 g/mol. The molecule has 1 aromatic heterocycles. The topological polar surface area (TPSA) is 69.2 Å². The molecule has 0 aliphatic heterocycles. The molecular weight excluding hydrogens is 268 g/mol. The van der Waals surface area contributed by atoms with E-state index in [1.165, 1.54) is 44.6 Å². The van der Waals surface area contributed by atoms with Crippen molar-refractivity contribution >= 4 is 5.69 Å². The van der Waals surface area contributed by atoms with E-state index in [0.717, 1.165) is 12.0 Å². The van der Waals surface area contributed by atoms with Gasteiger partial charge in [-0.1, -0.05) is 38.2 Å². The Bertz CT molecular complexity index is 616. The Morgan fingerprint density at radius 1 is 1.29 bits per heavy atom. The van der Waals surface area contributed by atoms with E-state index in [9.17, 15) is 10.1 Å². The summed E-state index contributed by atoms with van der Waals surface area (Å²) in [6, 6.07) is 5.28. The summed E-state index contributed by atoms with van der Waals surface area (Å²) in [5.41, 5.74) is 1.65. The van der Waals surface area contributed by atoms with Gasteiger partial charge in [0.25, 0.3) is 5.69 Å². The quantitative estimate of drug-likeness (QED) is 0.618. The van der Waals surface area contributed by atoms with Gasteiger partial charge in [0, 0.05) is 17.2 Å². The van der Waals surface area contributed by atoms with E-state index in [1.807, 2.05) is 12.1 Å². The molecule has 1 saturated carbocycles. The summed E-state index contributed by atoms with van der Waals surface area (Å²) < 4.78 is 5.21. The lowest BCUT2D eigenvalue weighted by atomic mass is 9.84. The Kier molecular flexibility index (Phi) is 3.99. The number of hydrogen-bond acceptors (Lipinski definition) is 4. The molecule has 1 fully saturated rings. The maximum Gasteiger partial charge on any atom is 0.273 e. The number of hydrogen-bond donors (Lipinski definition) is 0. The molecule has 0 radical (unpaired) electrons. The monoisotopic (exact) mass is 286 g/mol. The second kappa shape index (κ2) is 6.08. The molecule has 110 valence electrons. The molecule has 5 nitrogen and oxygen atoms in total. The zero-order chi connectivity index (χ0) is 14.7. The summed E-state index contributed by atoms with van der Waals surface area (Å²) in [7, 11) is 0. The highest BCUT2D eigenvalue weighted by molar-refractivity contribution is 5.60. The van der Waals surface area contributed by atoms with Gasteiger partial charge in [-0.15, -0.1) is 0 Å². The minimum Gasteiger partial charge on any atom is -0.445 e. The second-order valence-electron chi connectivity index (χ2n) is 5.65. The Morgan fingerprint density at radius 3 is 2.76 bits per heavy atom. The third-order valence-corrected chi connectivity index (χ3v) is 4.19. The van der Waals surface area contributed by atoms with Gasteiger partial charge in [-0.2, -0.15) is 0 Å². The Labute approximate surface area is 123 Å². The summed E-state index contributed by atoms with van der Waals surface area (Å²) in [6.07, 6.45) is 9.94. The molecule has 3 rings (SSSR count). The largest absolute Gasteiger partial charge is 0.445 e. The van der Waals surface area contributed by atoms with Crippen LogP contribution in [-0.4, -0.2) is 9.91 Å². The highest BCUT2D eigenvalue weighted by atomic mass is 16.6. The lowest BCUT2D eigenvalue weighted by Crippen LogP contribution is -2.10. The summed E-state index contributed by atoms with van der Waals surface area (Å²) >= 11 is 0. The third-order valence-electron chi connectivity index (χ3n) is 4.19. The number of benzene rings is 1. The van der Waals surface area contributed by atoms with Crippen molar-refractivity contribution in [2.24, 2.45) is 5.92 Å². The van der Waals surface area contributed by atoms with Crippen LogP contribution < -0.4 is 0 Å². The molecule has 0 amide bonds. The van der Waals surface area contributed by atoms with Gasteiger partial charge in [0.15, 0.2) is 0 Å². The lowest BCUT2D eigenvalue weighted by molar-refractivity contribution is -0.385. The van der Waals surface area contributed by atoms with E-state index < -0.39 is 0 Å². The van der Waals surface area contributed by atoms with Crippen molar-refractivity contribution in [2.75, 3.05) is 0 Å². The van der Waals surface area contributed by atoms with Gasteiger partial charge >= 0.3 is 0 Å². The van der Waals surface area contributed by atoms with Crippen molar-refractivity contribution < 1.29 is 9.34 Å². The number of rotatable bonds is 4. The first-order chi connectivity index (χ1) is 10.2. The van der Waals surface area contributed by atoms with Crippen LogP contribution in [-0.2, 0) is 6.42 Å². The molecule has 5 heteroatoms.